The van der Waals surface area contributed by atoms with Gasteiger partial charge in [0, 0.05) is 5.69 Å². The van der Waals surface area contributed by atoms with E-state index in [1.54, 1.807) is 10.7 Å². The molecule has 1 N–H and O–H groups in total. The molecule has 0 amide bonds. The van der Waals surface area contributed by atoms with Gasteiger partial charge >= 0.3 is 5.97 Å². The summed E-state index contributed by atoms with van der Waals surface area (Å²) in [6.07, 6.45) is 4.58. The number of rotatable bonds is 2. The molecule has 3 rings (SSSR count). The average Bonchev–Trinajstić information content (AvgIpc) is 2.80. The predicted molar refractivity (Wildman–Crippen MR) is 71.9 cm³/mol. The highest BCUT2D eigenvalue weighted by molar-refractivity contribution is 5.85. The Balaban J connectivity index is 2.14. The van der Waals surface area contributed by atoms with Crippen molar-refractivity contribution in [3.05, 3.63) is 46.8 Å². The highest BCUT2D eigenvalue weighted by Gasteiger charge is 2.17. The Hall–Kier alpha value is -2.10. The molecule has 1 heterocycles. The summed E-state index contributed by atoms with van der Waals surface area (Å²) in [7, 11) is 0. The molecule has 98 valence electrons. The van der Waals surface area contributed by atoms with Crippen LogP contribution in [-0.2, 0) is 12.8 Å². The summed E-state index contributed by atoms with van der Waals surface area (Å²) in [5.74, 6) is -0.980. The van der Waals surface area contributed by atoms with E-state index in [4.69, 9.17) is 5.11 Å². The fraction of sp³-hybridized carbons (Fsp3) is 0.333. The molecule has 1 aromatic heterocycles. The monoisotopic (exact) mass is 256 g/mol. The molecule has 1 aliphatic rings. The number of carbonyl (C=O) groups is 1. The van der Waals surface area contributed by atoms with E-state index in [0.717, 1.165) is 24.2 Å². The number of carboxylic acids is 1. The molecule has 0 atom stereocenters. The van der Waals surface area contributed by atoms with E-state index in [-0.39, 0.29) is 5.69 Å². The van der Waals surface area contributed by atoms with Gasteiger partial charge in [-0.25, -0.2) is 9.48 Å². The van der Waals surface area contributed by atoms with E-state index in [1.807, 2.05) is 19.1 Å². The van der Waals surface area contributed by atoms with Crippen molar-refractivity contribution < 1.29 is 9.90 Å². The lowest BCUT2D eigenvalue weighted by Crippen LogP contribution is -2.10. The van der Waals surface area contributed by atoms with Crippen LogP contribution in [0.1, 0.15) is 40.2 Å². The molecule has 0 saturated carbocycles. The highest BCUT2D eigenvalue weighted by atomic mass is 16.4. The molecule has 4 heteroatoms. The Morgan fingerprint density at radius 3 is 2.84 bits per heavy atom. The van der Waals surface area contributed by atoms with E-state index >= 15 is 0 Å². The minimum atomic E-state index is -0.980. The van der Waals surface area contributed by atoms with Gasteiger partial charge in [-0.2, -0.15) is 5.10 Å². The van der Waals surface area contributed by atoms with Gasteiger partial charge in [-0.3, -0.25) is 0 Å². The number of hydrogen-bond donors (Lipinski definition) is 1. The summed E-state index contributed by atoms with van der Waals surface area (Å²) in [6.45, 7) is 1.89. The summed E-state index contributed by atoms with van der Waals surface area (Å²) in [4.78, 5) is 11.0. The van der Waals surface area contributed by atoms with Crippen molar-refractivity contribution in [1.82, 2.24) is 9.78 Å². The van der Waals surface area contributed by atoms with Crippen molar-refractivity contribution in [1.29, 1.82) is 0 Å². The zero-order chi connectivity index (χ0) is 13.4. The highest BCUT2D eigenvalue weighted by Crippen LogP contribution is 2.27. The van der Waals surface area contributed by atoms with E-state index in [0.29, 0.717) is 0 Å². The fourth-order valence-electron chi connectivity index (χ4n) is 2.78. The van der Waals surface area contributed by atoms with E-state index in [1.165, 1.54) is 24.0 Å². The van der Waals surface area contributed by atoms with Crippen LogP contribution in [0.3, 0.4) is 0 Å². The smallest absolute Gasteiger partial charge is 0.356 e. The van der Waals surface area contributed by atoms with Crippen molar-refractivity contribution in [2.75, 3.05) is 0 Å². The van der Waals surface area contributed by atoms with Gasteiger partial charge in [0.05, 0.1) is 5.69 Å². The summed E-state index contributed by atoms with van der Waals surface area (Å²) < 4.78 is 1.76. The van der Waals surface area contributed by atoms with Crippen LogP contribution in [0.15, 0.2) is 24.3 Å². The van der Waals surface area contributed by atoms with Crippen LogP contribution in [-0.4, -0.2) is 20.9 Å². The molecule has 2 aromatic rings. The van der Waals surface area contributed by atoms with E-state index < -0.39 is 5.97 Å². The standard InChI is InChI=1S/C15H16N2O2/c1-10-9-13(15(18)19)16-17(10)14-8-4-6-11-5-2-3-7-12(11)14/h4,6,8-9H,2-3,5,7H2,1H3,(H,18,19). The number of carboxylic acid groups (broad SMARTS) is 1. The minimum Gasteiger partial charge on any atom is -0.476 e. The van der Waals surface area contributed by atoms with Crippen molar-refractivity contribution in [2.24, 2.45) is 0 Å². The Kier molecular flexibility index (Phi) is 2.85. The summed E-state index contributed by atoms with van der Waals surface area (Å²) >= 11 is 0. The van der Waals surface area contributed by atoms with Gasteiger partial charge in [0.2, 0.25) is 0 Å². The molecule has 0 bridgehead atoms. The van der Waals surface area contributed by atoms with Gasteiger partial charge in [0.15, 0.2) is 5.69 Å². The lowest BCUT2D eigenvalue weighted by atomic mass is 9.90. The third kappa shape index (κ3) is 2.03. The first-order valence-electron chi connectivity index (χ1n) is 6.58. The minimum absolute atomic E-state index is 0.103. The van der Waals surface area contributed by atoms with Gasteiger partial charge < -0.3 is 5.11 Å². The molecule has 0 fully saturated rings. The lowest BCUT2D eigenvalue weighted by Gasteiger charge is -2.19. The zero-order valence-corrected chi connectivity index (χ0v) is 10.9. The van der Waals surface area contributed by atoms with Gasteiger partial charge in [-0.15, -0.1) is 0 Å². The number of aromatic carboxylic acids is 1. The van der Waals surface area contributed by atoms with E-state index in [9.17, 15) is 4.79 Å². The number of benzene rings is 1. The third-order valence-electron chi connectivity index (χ3n) is 3.71. The summed E-state index contributed by atoms with van der Waals surface area (Å²) in [5.41, 5.74) is 4.68. The second-order valence-corrected chi connectivity index (χ2v) is 5.01. The quantitative estimate of drug-likeness (QED) is 0.898. The number of hydrogen-bond acceptors (Lipinski definition) is 2. The number of aromatic nitrogens is 2. The molecule has 0 radical (unpaired) electrons. The van der Waals surface area contributed by atoms with Crippen molar-refractivity contribution in [2.45, 2.75) is 32.6 Å². The van der Waals surface area contributed by atoms with Crippen LogP contribution >= 0.6 is 0 Å². The van der Waals surface area contributed by atoms with Gasteiger partial charge in [-0.05, 0) is 55.9 Å². The largest absolute Gasteiger partial charge is 0.476 e. The Morgan fingerprint density at radius 2 is 2.11 bits per heavy atom. The van der Waals surface area contributed by atoms with Crippen LogP contribution in [0.2, 0.25) is 0 Å². The molecule has 0 unspecified atom stereocenters. The molecule has 0 saturated heterocycles. The Labute approximate surface area is 111 Å². The fourth-order valence-corrected chi connectivity index (χ4v) is 2.78. The Bertz CT molecular complexity index is 644. The van der Waals surface area contributed by atoms with Gasteiger partial charge in [0.1, 0.15) is 0 Å². The second kappa shape index (κ2) is 4.53. The third-order valence-corrected chi connectivity index (χ3v) is 3.71. The lowest BCUT2D eigenvalue weighted by molar-refractivity contribution is 0.0690. The predicted octanol–water partition coefficient (Wildman–Crippen LogP) is 2.76. The number of nitrogens with zero attached hydrogens (tertiary/aromatic N) is 2. The molecule has 1 aromatic carbocycles. The van der Waals surface area contributed by atoms with Crippen molar-refractivity contribution in [3.63, 3.8) is 0 Å². The van der Waals surface area contributed by atoms with Crippen molar-refractivity contribution >= 4 is 5.97 Å². The maximum absolute atomic E-state index is 11.0. The maximum Gasteiger partial charge on any atom is 0.356 e. The van der Waals surface area contributed by atoms with Crippen molar-refractivity contribution in [3.8, 4) is 5.69 Å². The maximum atomic E-state index is 11.0. The molecule has 0 aliphatic heterocycles. The SMILES string of the molecule is Cc1cc(C(=O)O)nn1-c1cccc2c1CCCC2. The van der Waals surface area contributed by atoms with Crippen LogP contribution in [0.5, 0.6) is 0 Å². The van der Waals surface area contributed by atoms with Gasteiger partial charge in [-0.1, -0.05) is 12.1 Å². The number of aryl methyl sites for hydroxylation is 2. The summed E-state index contributed by atoms with van der Waals surface area (Å²) in [5, 5.41) is 13.2. The molecule has 1 aliphatic carbocycles. The van der Waals surface area contributed by atoms with Gasteiger partial charge in [0.25, 0.3) is 0 Å². The molecular formula is C15H16N2O2. The summed E-state index contributed by atoms with van der Waals surface area (Å²) in [6, 6.07) is 7.83. The van der Waals surface area contributed by atoms with Crippen LogP contribution in [0.4, 0.5) is 0 Å². The molecule has 4 nitrogen and oxygen atoms in total. The molecular weight excluding hydrogens is 240 g/mol. The molecule has 19 heavy (non-hydrogen) atoms. The van der Waals surface area contributed by atoms with E-state index in [2.05, 4.69) is 11.2 Å². The first-order valence-corrected chi connectivity index (χ1v) is 6.58. The normalized spacial score (nSPS) is 14.2. The number of fused-ring (bicyclic) bond motifs is 1. The van der Waals surface area contributed by atoms with Crippen LogP contribution in [0.25, 0.3) is 5.69 Å². The average molecular weight is 256 g/mol. The topological polar surface area (TPSA) is 55.1 Å². The zero-order valence-electron chi connectivity index (χ0n) is 10.9. The van der Waals surface area contributed by atoms with Crippen LogP contribution in [0, 0.1) is 6.92 Å². The molecule has 0 spiro atoms. The first kappa shape index (κ1) is 12.0. The first-order chi connectivity index (χ1) is 9.16. The van der Waals surface area contributed by atoms with Crippen LogP contribution < -0.4 is 0 Å². The second-order valence-electron chi connectivity index (χ2n) is 5.01. The Morgan fingerprint density at radius 1 is 1.32 bits per heavy atom.